The fraction of sp³-hybridized carbons (Fsp3) is 0.565. The molecule has 1 aromatic carbocycles. The Kier molecular flexibility index (Phi) is 5.35. The molecule has 2 saturated carbocycles. The summed E-state index contributed by atoms with van der Waals surface area (Å²) in [5.41, 5.74) is 1.41. The average molecular weight is 413 g/mol. The van der Waals surface area contributed by atoms with Crippen molar-refractivity contribution >= 4 is 17.5 Å². The highest BCUT2D eigenvalue weighted by Crippen LogP contribution is 2.52. The van der Waals surface area contributed by atoms with E-state index in [0.717, 1.165) is 55.8 Å². The third-order valence-electron chi connectivity index (χ3n) is 7.29. The third kappa shape index (κ3) is 3.82. The van der Waals surface area contributed by atoms with Crippen LogP contribution in [0.4, 0.5) is 5.95 Å². The number of hydrogen-bond donors (Lipinski definition) is 0. The molecule has 29 heavy (non-hydrogen) atoms. The van der Waals surface area contributed by atoms with Gasteiger partial charge in [-0.2, -0.15) is 0 Å². The maximum Gasteiger partial charge on any atom is 0.225 e. The van der Waals surface area contributed by atoms with Crippen LogP contribution in [0.3, 0.4) is 0 Å². The topological polar surface area (TPSA) is 41.5 Å². The maximum absolute atomic E-state index is 5.91. The van der Waals surface area contributed by atoms with Crippen LogP contribution in [0, 0.1) is 11.8 Å². The quantitative estimate of drug-likeness (QED) is 0.751. The van der Waals surface area contributed by atoms with E-state index >= 15 is 0 Å². The zero-order chi connectivity index (χ0) is 19.8. The van der Waals surface area contributed by atoms with Crippen molar-refractivity contribution in [3.63, 3.8) is 0 Å². The summed E-state index contributed by atoms with van der Waals surface area (Å²) in [6.45, 7) is 4.20. The van der Waals surface area contributed by atoms with Gasteiger partial charge in [-0.15, -0.1) is 0 Å². The molecule has 5 nitrogen and oxygen atoms in total. The lowest BCUT2D eigenvalue weighted by molar-refractivity contribution is 0.178. The Morgan fingerprint density at radius 3 is 2.24 bits per heavy atom. The molecule has 154 valence electrons. The standard InChI is InChI=1S/C23H29ClN4O/c1-29-22-5-3-2-4-21(22)18-10-16-12-20(13-17(16)11-18)27-6-8-28(9-7-27)23-25-14-19(24)15-26-23/h2-5,14-18,20H,6-13H2,1H3. The number of piperazine rings is 1. The van der Waals surface area contributed by atoms with Gasteiger partial charge in [0.15, 0.2) is 0 Å². The van der Waals surface area contributed by atoms with Gasteiger partial charge in [0.1, 0.15) is 5.75 Å². The van der Waals surface area contributed by atoms with Crippen molar-refractivity contribution in [2.24, 2.45) is 11.8 Å². The van der Waals surface area contributed by atoms with Crippen molar-refractivity contribution in [3.8, 4) is 5.75 Å². The number of methoxy groups -OCH3 is 1. The summed E-state index contributed by atoms with van der Waals surface area (Å²) < 4.78 is 5.62. The largest absolute Gasteiger partial charge is 0.496 e. The van der Waals surface area contributed by atoms with Crippen LogP contribution in [0.15, 0.2) is 36.7 Å². The highest BCUT2D eigenvalue weighted by molar-refractivity contribution is 6.30. The molecular formula is C23H29ClN4O. The molecule has 0 radical (unpaired) electrons. The molecule has 3 aliphatic rings. The summed E-state index contributed by atoms with van der Waals surface area (Å²) in [5.74, 6) is 4.27. The van der Waals surface area contributed by atoms with E-state index in [1.54, 1.807) is 19.5 Å². The second-order valence-corrected chi connectivity index (χ2v) is 9.22. The van der Waals surface area contributed by atoms with Gasteiger partial charge in [-0.25, -0.2) is 9.97 Å². The molecule has 2 aromatic rings. The van der Waals surface area contributed by atoms with E-state index < -0.39 is 0 Å². The number of anilines is 1. The molecular weight excluding hydrogens is 384 g/mol. The molecule has 0 bridgehead atoms. The molecule has 2 atom stereocenters. The minimum Gasteiger partial charge on any atom is -0.496 e. The van der Waals surface area contributed by atoms with Gasteiger partial charge in [-0.05, 0) is 55.1 Å². The lowest BCUT2D eigenvalue weighted by Gasteiger charge is -2.38. The van der Waals surface area contributed by atoms with Crippen molar-refractivity contribution in [1.29, 1.82) is 0 Å². The molecule has 2 unspecified atom stereocenters. The molecule has 1 aliphatic heterocycles. The van der Waals surface area contributed by atoms with Gasteiger partial charge in [0.05, 0.1) is 24.5 Å². The molecule has 2 heterocycles. The number of rotatable bonds is 4. The van der Waals surface area contributed by atoms with Crippen molar-refractivity contribution < 1.29 is 4.74 Å². The Morgan fingerprint density at radius 2 is 1.59 bits per heavy atom. The van der Waals surface area contributed by atoms with Crippen LogP contribution in [0.1, 0.15) is 37.2 Å². The zero-order valence-electron chi connectivity index (χ0n) is 17.0. The number of ether oxygens (including phenoxy) is 1. The monoisotopic (exact) mass is 412 g/mol. The molecule has 6 heteroatoms. The van der Waals surface area contributed by atoms with Gasteiger partial charge >= 0.3 is 0 Å². The van der Waals surface area contributed by atoms with Crippen molar-refractivity contribution in [2.75, 3.05) is 38.2 Å². The summed E-state index contributed by atoms with van der Waals surface area (Å²) in [4.78, 5) is 13.7. The lowest BCUT2D eigenvalue weighted by atomic mass is 9.93. The highest BCUT2D eigenvalue weighted by Gasteiger charge is 2.44. The molecule has 0 spiro atoms. The summed E-state index contributed by atoms with van der Waals surface area (Å²) in [6, 6.07) is 9.34. The summed E-state index contributed by atoms with van der Waals surface area (Å²) in [5, 5.41) is 0.594. The fourth-order valence-electron chi connectivity index (χ4n) is 5.90. The number of nitrogens with zero attached hydrogens (tertiary/aromatic N) is 4. The van der Waals surface area contributed by atoms with Gasteiger partial charge in [0, 0.05) is 32.2 Å². The van der Waals surface area contributed by atoms with Crippen molar-refractivity contribution in [2.45, 2.75) is 37.6 Å². The van der Waals surface area contributed by atoms with E-state index in [1.807, 2.05) is 0 Å². The van der Waals surface area contributed by atoms with Crippen LogP contribution in [0.2, 0.25) is 5.02 Å². The molecule has 5 rings (SSSR count). The first-order valence-corrected chi connectivity index (χ1v) is 11.2. The smallest absolute Gasteiger partial charge is 0.225 e. The minimum atomic E-state index is 0.594. The third-order valence-corrected chi connectivity index (χ3v) is 7.48. The summed E-state index contributed by atoms with van der Waals surface area (Å²) in [6.07, 6.45) is 8.72. The van der Waals surface area contributed by atoms with Crippen LogP contribution in [-0.2, 0) is 0 Å². The minimum absolute atomic E-state index is 0.594. The van der Waals surface area contributed by atoms with Crippen LogP contribution in [-0.4, -0.2) is 54.2 Å². The number of para-hydroxylation sites is 1. The van der Waals surface area contributed by atoms with Gasteiger partial charge in [0.2, 0.25) is 5.95 Å². The van der Waals surface area contributed by atoms with E-state index in [4.69, 9.17) is 16.3 Å². The van der Waals surface area contributed by atoms with E-state index in [9.17, 15) is 0 Å². The van der Waals surface area contributed by atoms with E-state index in [1.165, 1.54) is 31.2 Å². The first-order valence-electron chi connectivity index (χ1n) is 10.8. The summed E-state index contributed by atoms with van der Waals surface area (Å²) in [7, 11) is 1.79. The normalized spacial score (nSPS) is 29.8. The molecule has 2 aliphatic carbocycles. The maximum atomic E-state index is 5.91. The number of benzene rings is 1. The van der Waals surface area contributed by atoms with E-state index in [-0.39, 0.29) is 0 Å². The Hall–Kier alpha value is -1.85. The summed E-state index contributed by atoms with van der Waals surface area (Å²) >= 11 is 5.91. The molecule has 1 saturated heterocycles. The fourth-order valence-corrected chi connectivity index (χ4v) is 5.99. The molecule has 3 fully saturated rings. The molecule has 0 amide bonds. The van der Waals surface area contributed by atoms with Crippen LogP contribution in [0.25, 0.3) is 0 Å². The lowest BCUT2D eigenvalue weighted by Crippen LogP contribution is -2.50. The van der Waals surface area contributed by atoms with Gasteiger partial charge < -0.3 is 9.64 Å². The predicted molar refractivity (Wildman–Crippen MR) is 116 cm³/mol. The van der Waals surface area contributed by atoms with Crippen LogP contribution in [0.5, 0.6) is 5.75 Å². The first kappa shape index (κ1) is 19.1. The Labute approximate surface area is 178 Å². The number of aromatic nitrogens is 2. The average Bonchev–Trinajstić information content (AvgIpc) is 3.34. The molecule has 0 N–H and O–H groups in total. The van der Waals surface area contributed by atoms with Crippen molar-refractivity contribution in [1.82, 2.24) is 14.9 Å². The number of halogens is 1. The second-order valence-electron chi connectivity index (χ2n) is 8.78. The number of hydrogen-bond acceptors (Lipinski definition) is 5. The van der Waals surface area contributed by atoms with Gasteiger partial charge in [-0.1, -0.05) is 29.8 Å². The Balaban J connectivity index is 1.16. The van der Waals surface area contributed by atoms with E-state index in [2.05, 4.69) is 44.0 Å². The van der Waals surface area contributed by atoms with Crippen LogP contribution >= 0.6 is 11.6 Å². The van der Waals surface area contributed by atoms with Gasteiger partial charge in [-0.3, -0.25) is 4.90 Å². The highest BCUT2D eigenvalue weighted by atomic mass is 35.5. The number of fused-ring (bicyclic) bond motifs is 1. The van der Waals surface area contributed by atoms with Crippen LogP contribution < -0.4 is 9.64 Å². The second kappa shape index (κ2) is 8.11. The first-order chi connectivity index (χ1) is 14.2. The van der Waals surface area contributed by atoms with Gasteiger partial charge in [0.25, 0.3) is 0 Å². The SMILES string of the molecule is COc1ccccc1C1CC2CC(N3CCN(c4ncc(Cl)cn4)CC3)CC2C1. The predicted octanol–water partition coefficient (Wildman–Crippen LogP) is 4.23. The zero-order valence-corrected chi connectivity index (χ0v) is 17.8. The molecule has 1 aromatic heterocycles. The van der Waals surface area contributed by atoms with Crippen molar-refractivity contribution in [3.05, 3.63) is 47.2 Å². The Bertz CT molecular complexity index is 823. The van der Waals surface area contributed by atoms with E-state index in [0.29, 0.717) is 10.9 Å². The Morgan fingerprint density at radius 1 is 0.931 bits per heavy atom.